The third kappa shape index (κ3) is 3.80. The van der Waals surface area contributed by atoms with Gasteiger partial charge in [-0.05, 0) is 19.8 Å². The van der Waals surface area contributed by atoms with Gasteiger partial charge in [0.1, 0.15) is 0 Å². The van der Waals surface area contributed by atoms with Crippen LogP contribution in [0.3, 0.4) is 0 Å². The Kier molecular flexibility index (Phi) is 4.11. The van der Waals surface area contributed by atoms with Crippen molar-refractivity contribution in [2.45, 2.75) is 45.3 Å². The molecule has 1 saturated heterocycles. The largest absolute Gasteiger partial charge is 0.388 e. The molecule has 2 N–H and O–H groups in total. The quantitative estimate of drug-likeness (QED) is 0.694. The second-order valence-corrected chi connectivity index (χ2v) is 4.72. The number of carbonyl (C=O) groups excluding carboxylic acids is 1. The number of hydrogen-bond donors (Lipinski definition) is 2. The third-order valence-corrected chi connectivity index (χ3v) is 2.85. The van der Waals surface area contributed by atoms with E-state index in [0.717, 1.165) is 12.8 Å². The lowest BCUT2D eigenvalue weighted by molar-refractivity contribution is -0.130. The van der Waals surface area contributed by atoms with Gasteiger partial charge in [0.15, 0.2) is 0 Å². The summed E-state index contributed by atoms with van der Waals surface area (Å²) in [6, 6.07) is 0.291. The molecule has 0 unspecified atom stereocenters. The van der Waals surface area contributed by atoms with E-state index in [1.54, 1.807) is 6.92 Å². The number of amides is 1. The molecule has 1 aliphatic rings. The van der Waals surface area contributed by atoms with Gasteiger partial charge < -0.3 is 10.4 Å². The monoisotopic (exact) mass is 214 g/mol. The maximum atomic E-state index is 11.6. The molecule has 0 aliphatic carbocycles. The Hall–Kier alpha value is -0.610. The Balaban J connectivity index is 2.20. The van der Waals surface area contributed by atoms with Crippen molar-refractivity contribution in [3.8, 4) is 0 Å². The highest BCUT2D eigenvalue weighted by Gasteiger charge is 2.37. The summed E-state index contributed by atoms with van der Waals surface area (Å²) >= 11 is 0. The van der Waals surface area contributed by atoms with Crippen molar-refractivity contribution >= 4 is 5.91 Å². The van der Waals surface area contributed by atoms with Crippen molar-refractivity contribution in [1.82, 2.24) is 10.2 Å². The number of likely N-dealkylation sites (tertiary alicyclic amines) is 1. The number of nitrogens with one attached hydrogen (secondary N) is 1. The Morgan fingerprint density at radius 1 is 1.47 bits per heavy atom. The van der Waals surface area contributed by atoms with Crippen LogP contribution in [0.15, 0.2) is 0 Å². The van der Waals surface area contributed by atoms with Crippen LogP contribution in [0.25, 0.3) is 0 Å². The van der Waals surface area contributed by atoms with Crippen LogP contribution in [-0.4, -0.2) is 47.2 Å². The summed E-state index contributed by atoms with van der Waals surface area (Å²) in [6.45, 7) is 7.55. The van der Waals surface area contributed by atoms with Gasteiger partial charge in [0.25, 0.3) is 0 Å². The topological polar surface area (TPSA) is 52.6 Å². The molecule has 4 heteroatoms. The molecule has 0 spiro atoms. The summed E-state index contributed by atoms with van der Waals surface area (Å²) in [4.78, 5) is 13.5. The van der Waals surface area contributed by atoms with Crippen LogP contribution in [-0.2, 0) is 4.79 Å². The molecule has 88 valence electrons. The zero-order valence-corrected chi connectivity index (χ0v) is 9.92. The molecule has 0 radical (unpaired) electrons. The van der Waals surface area contributed by atoms with Crippen LogP contribution in [0.2, 0.25) is 0 Å². The van der Waals surface area contributed by atoms with Gasteiger partial charge in [0.05, 0.1) is 12.1 Å². The Morgan fingerprint density at radius 2 is 2.00 bits per heavy atom. The predicted molar refractivity (Wildman–Crippen MR) is 59.6 cm³/mol. The molecule has 0 saturated carbocycles. The van der Waals surface area contributed by atoms with Crippen molar-refractivity contribution in [3.05, 3.63) is 0 Å². The summed E-state index contributed by atoms with van der Waals surface area (Å²) in [5.74, 6) is 0.0687. The lowest BCUT2D eigenvalue weighted by atomic mass is 9.97. The number of carbonyl (C=O) groups is 1. The Morgan fingerprint density at radius 3 is 2.40 bits per heavy atom. The second-order valence-electron chi connectivity index (χ2n) is 4.72. The lowest BCUT2D eigenvalue weighted by Crippen LogP contribution is -2.61. The lowest BCUT2D eigenvalue weighted by Gasteiger charge is -2.43. The third-order valence-electron chi connectivity index (χ3n) is 2.85. The molecule has 0 aromatic heterocycles. The van der Waals surface area contributed by atoms with Gasteiger partial charge in [-0.2, -0.15) is 0 Å². The molecular weight excluding hydrogens is 192 g/mol. The molecule has 15 heavy (non-hydrogen) atoms. The summed E-state index contributed by atoms with van der Waals surface area (Å²) in [6.07, 6.45) is 1.94. The smallest absolute Gasteiger partial charge is 0.234 e. The fraction of sp³-hybridized carbons (Fsp3) is 0.909. The average molecular weight is 214 g/mol. The summed E-state index contributed by atoms with van der Waals surface area (Å²) in [5.41, 5.74) is -0.588. The van der Waals surface area contributed by atoms with Gasteiger partial charge in [-0.3, -0.25) is 9.69 Å². The number of nitrogens with zero attached hydrogens (tertiary/aromatic N) is 1. The van der Waals surface area contributed by atoms with E-state index in [4.69, 9.17) is 0 Å². The van der Waals surface area contributed by atoms with E-state index in [0.29, 0.717) is 25.7 Å². The second kappa shape index (κ2) is 4.94. The van der Waals surface area contributed by atoms with E-state index >= 15 is 0 Å². The van der Waals surface area contributed by atoms with Crippen molar-refractivity contribution in [1.29, 1.82) is 0 Å². The molecule has 1 heterocycles. The van der Waals surface area contributed by atoms with Crippen LogP contribution in [0.5, 0.6) is 0 Å². The van der Waals surface area contributed by atoms with Crippen LogP contribution in [0.4, 0.5) is 0 Å². The molecule has 1 aliphatic heterocycles. The molecular formula is C11H22N2O2. The first-order chi connectivity index (χ1) is 6.96. The highest BCUT2D eigenvalue weighted by atomic mass is 16.3. The predicted octanol–water partition coefficient (Wildman–Crippen LogP) is 0.358. The Labute approximate surface area is 91.6 Å². The zero-order valence-electron chi connectivity index (χ0n) is 9.92. The first-order valence-corrected chi connectivity index (χ1v) is 5.71. The van der Waals surface area contributed by atoms with Crippen LogP contribution >= 0.6 is 0 Å². The normalized spacial score (nSPS) is 20.1. The van der Waals surface area contributed by atoms with Crippen molar-refractivity contribution in [2.75, 3.05) is 19.6 Å². The van der Waals surface area contributed by atoms with Crippen LogP contribution in [0, 0.1) is 0 Å². The molecule has 4 nitrogen and oxygen atoms in total. The molecule has 0 aromatic carbocycles. The van der Waals surface area contributed by atoms with Gasteiger partial charge >= 0.3 is 0 Å². The number of aliphatic hydroxyl groups is 1. The molecule has 1 fully saturated rings. The summed E-state index contributed by atoms with van der Waals surface area (Å²) < 4.78 is 0. The van der Waals surface area contributed by atoms with Crippen LogP contribution < -0.4 is 5.32 Å². The van der Waals surface area contributed by atoms with E-state index in [1.165, 1.54) is 0 Å². The first kappa shape index (κ1) is 12.5. The molecule has 0 atom stereocenters. The highest BCUT2D eigenvalue weighted by Crippen LogP contribution is 2.18. The average Bonchev–Trinajstić information content (AvgIpc) is 2.11. The Bertz CT molecular complexity index is 217. The van der Waals surface area contributed by atoms with Gasteiger partial charge in [0.2, 0.25) is 5.91 Å². The summed E-state index contributed by atoms with van der Waals surface area (Å²) in [5, 5.41) is 12.5. The van der Waals surface area contributed by atoms with E-state index < -0.39 is 5.60 Å². The fourth-order valence-electron chi connectivity index (χ4n) is 2.00. The van der Waals surface area contributed by atoms with Gasteiger partial charge in [-0.25, -0.2) is 0 Å². The van der Waals surface area contributed by atoms with E-state index in [-0.39, 0.29) is 5.91 Å². The summed E-state index contributed by atoms with van der Waals surface area (Å²) in [7, 11) is 0. The van der Waals surface area contributed by atoms with Crippen molar-refractivity contribution < 1.29 is 9.90 Å². The maximum Gasteiger partial charge on any atom is 0.234 e. The highest BCUT2D eigenvalue weighted by molar-refractivity contribution is 5.78. The number of hydrogen-bond acceptors (Lipinski definition) is 3. The van der Waals surface area contributed by atoms with Gasteiger partial charge in [-0.15, -0.1) is 0 Å². The van der Waals surface area contributed by atoms with Gasteiger partial charge in [0, 0.05) is 19.1 Å². The molecule has 0 aromatic rings. The zero-order chi connectivity index (χ0) is 11.5. The van der Waals surface area contributed by atoms with Gasteiger partial charge in [-0.1, -0.05) is 13.8 Å². The molecule has 0 bridgehead atoms. The standard InChI is InChI=1S/C11H22N2O2/c1-4-9(5-2)12-10(14)6-13-7-11(3,15)8-13/h9,15H,4-8H2,1-3H3,(H,12,14). The minimum atomic E-state index is -0.588. The number of β-amino-alcohol motifs (C(OH)–C–C–N with tert-alkyl or cyclic N) is 1. The van der Waals surface area contributed by atoms with Crippen LogP contribution in [0.1, 0.15) is 33.6 Å². The molecule has 1 amide bonds. The minimum Gasteiger partial charge on any atom is -0.388 e. The van der Waals surface area contributed by atoms with E-state index in [2.05, 4.69) is 19.2 Å². The SMILES string of the molecule is CCC(CC)NC(=O)CN1CC(C)(O)C1. The van der Waals surface area contributed by atoms with Crippen molar-refractivity contribution in [2.24, 2.45) is 0 Å². The first-order valence-electron chi connectivity index (χ1n) is 5.71. The van der Waals surface area contributed by atoms with E-state index in [1.807, 2.05) is 4.90 Å². The van der Waals surface area contributed by atoms with E-state index in [9.17, 15) is 9.90 Å². The minimum absolute atomic E-state index is 0.0687. The maximum absolute atomic E-state index is 11.6. The van der Waals surface area contributed by atoms with Crippen molar-refractivity contribution in [3.63, 3.8) is 0 Å². The fourth-order valence-corrected chi connectivity index (χ4v) is 2.00. The molecule has 1 rings (SSSR count). The number of rotatable bonds is 5.